The summed E-state index contributed by atoms with van der Waals surface area (Å²) in [5.74, 6) is -0.0664. The van der Waals surface area contributed by atoms with Crippen molar-refractivity contribution >= 4 is 33.7 Å². The van der Waals surface area contributed by atoms with Gasteiger partial charge in [0, 0.05) is 11.8 Å². The van der Waals surface area contributed by atoms with Gasteiger partial charge in [-0.3, -0.25) is 9.67 Å². The standard InChI is InChI=1S/C23H17ClF4N6O2/c1-11-31-14-4-6-17(19(25)21(14)32-11)36-16-5-3-13-20(18(16)24)33-15(8-29-13)12-7-30-34(9-12)10-22(2,35)23(26,27)28/h3-9,35H,10H2,1-2H3,(H,31,32). The highest BCUT2D eigenvalue weighted by atomic mass is 35.5. The van der Waals surface area contributed by atoms with E-state index < -0.39 is 24.1 Å². The molecule has 2 aromatic carbocycles. The van der Waals surface area contributed by atoms with Crippen molar-refractivity contribution in [3.8, 4) is 22.8 Å². The molecule has 3 heterocycles. The third-order valence-electron chi connectivity index (χ3n) is 5.52. The molecule has 0 saturated heterocycles. The van der Waals surface area contributed by atoms with Crippen molar-refractivity contribution in [2.24, 2.45) is 0 Å². The fourth-order valence-electron chi connectivity index (χ4n) is 3.58. The number of fused-ring (bicyclic) bond motifs is 2. The van der Waals surface area contributed by atoms with Gasteiger partial charge >= 0.3 is 6.18 Å². The van der Waals surface area contributed by atoms with Crippen LogP contribution in [-0.2, 0) is 6.54 Å². The van der Waals surface area contributed by atoms with Crippen LogP contribution in [0.1, 0.15) is 12.7 Å². The fourth-order valence-corrected chi connectivity index (χ4v) is 3.82. The number of aromatic nitrogens is 6. The van der Waals surface area contributed by atoms with E-state index in [0.717, 1.165) is 4.68 Å². The molecule has 1 atom stereocenters. The van der Waals surface area contributed by atoms with Crippen LogP contribution in [0.5, 0.6) is 11.5 Å². The molecule has 0 saturated carbocycles. The number of aryl methyl sites for hydroxylation is 1. The summed E-state index contributed by atoms with van der Waals surface area (Å²) in [6.07, 6.45) is -0.810. The number of halogens is 5. The summed E-state index contributed by atoms with van der Waals surface area (Å²) in [4.78, 5) is 15.8. The summed E-state index contributed by atoms with van der Waals surface area (Å²) in [5.41, 5.74) is -1.02. The Morgan fingerprint density at radius 3 is 2.58 bits per heavy atom. The summed E-state index contributed by atoms with van der Waals surface area (Å²) in [5, 5.41) is 13.7. The predicted octanol–water partition coefficient (Wildman–Crippen LogP) is 5.58. The molecule has 0 spiro atoms. The number of aliphatic hydroxyl groups is 1. The number of nitrogens with one attached hydrogen (secondary N) is 1. The lowest BCUT2D eigenvalue weighted by atomic mass is 10.1. The molecule has 0 fully saturated rings. The quantitative estimate of drug-likeness (QED) is 0.294. The van der Waals surface area contributed by atoms with Gasteiger partial charge in [0.05, 0.1) is 35.7 Å². The number of benzene rings is 2. The van der Waals surface area contributed by atoms with Gasteiger partial charge in [-0.1, -0.05) is 11.6 Å². The van der Waals surface area contributed by atoms with E-state index in [9.17, 15) is 22.7 Å². The highest BCUT2D eigenvalue weighted by Gasteiger charge is 2.50. The van der Waals surface area contributed by atoms with Gasteiger partial charge in [0.2, 0.25) is 0 Å². The average molecular weight is 521 g/mol. The van der Waals surface area contributed by atoms with Crippen molar-refractivity contribution in [3.63, 3.8) is 0 Å². The molecule has 0 aliphatic rings. The lowest BCUT2D eigenvalue weighted by Gasteiger charge is -2.25. The molecular formula is C23H17ClF4N6O2. The molecule has 0 radical (unpaired) electrons. The van der Waals surface area contributed by atoms with Crippen molar-refractivity contribution in [2.75, 3.05) is 0 Å². The minimum absolute atomic E-state index is 0.0620. The van der Waals surface area contributed by atoms with Crippen LogP contribution in [0.2, 0.25) is 5.02 Å². The monoisotopic (exact) mass is 520 g/mol. The van der Waals surface area contributed by atoms with Crippen LogP contribution in [0, 0.1) is 12.7 Å². The molecule has 1 unspecified atom stereocenters. The van der Waals surface area contributed by atoms with Gasteiger partial charge in [0.15, 0.2) is 17.2 Å². The first-order valence-electron chi connectivity index (χ1n) is 10.5. The van der Waals surface area contributed by atoms with E-state index in [0.29, 0.717) is 29.3 Å². The molecule has 5 aromatic rings. The van der Waals surface area contributed by atoms with Crippen molar-refractivity contribution < 1.29 is 27.4 Å². The Labute approximate surface area is 205 Å². The molecule has 0 aliphatic carbocycles. The van der Waals surface area contributed by atoms with Gasteiger partial charge in [-0.15, -0.1) is 0 Å². The van der Waals surface area contributed by atoms with Crippen LogP contribution in [0.25, 0.3) is 33.3 Å². The molecule has 3 aromatic heterocycles. The maximum Gasteiger partial charge on any atom is 0.418 e. The number of aromatic amines is 1. The van der Waals surface area contributed by atoms with Gasteiger partial charge < -0.3 is 14.8 Å². The Hall–Kier alpha value is -3.77. The number of nitrogens with zero attached hydrogens (tertiary/aromatic N) is 5. The van der Waals surface area contributed by atoms with Gasteiger partial charge in [-0.25, -0.2) is 14.4 Å². The van der Waals surface area contributed by atoms with Crippen LogP contribution in [-0.4, -0.2) is 46.6 Å². The Balaban J connectivity index is 1.47. The number of H-pyrrole nitrogens is 1. The second-order valence-corrected chi connectivity index (χ2v) is 8.77. The van der Waals surface area contributed by atoms with Gasteiger partial charge in [0.25, 0.3) is 0 Å². The lowest BCUT2D eigenvalue weighted by Crippen LogP contribution is -2.45. The SMILES string of the molecule is Cc1nc2c(F)c(Oc3ccc4ncc(-c5cnn(CC(C)(O)C(F)(F)F)c5)nc4c3Cl)ccc2[nH]1. The average Bonchev–Trinajstić information content (AvgIpc) is 3.42. The Kier molecular flexibility index (Phi) is 5.60. The molecule has 0 bridgehead atoms. The zero-order valence-electron chi connectivity index (χ0n) is 18.7. The molecule has 36 heavy (non-hydrogen) atoms. The molecule has 13 heteroatoms. The first-order chi connectivity index (χ1) is 16.9. The van der Waals surface area contributed by atoms with E-state index in [1.165, 1.54) is 30.7 Å². The topological polar surface area (TPSA) is 102 Å². The first kappa shape index (κ1) is 23.9. The Morgan fingerprint density at radius 1 is 1.08 bits per heavy atom. The Bertz CT molecular complexity index is 1610. The minimum atomic E-state index is -4.83. The molecule has 0 aliphatic heterocycles. The number of rotatable bonds is 5. The third-order valence-corrected chi connectivity index (χ3v) is 5.89. The van der Waals surface area contributed by atoms with E-state index >= 15 is 0 Å². The number of imidazole rings is 1. The predicted molar refractivity (Wildman–Crippen MR) is 123 cm³/mol. The fraction of sp³-hybridized carbons (Fsp3) is 0.217. The van der Waals surface area contributed by atoms with E-state index in [1.54, 1.807) is 19.1 Å². The van der Waals surface area contributed by atoms with Gasteiger partial charge in [-0.2, -0.15) is 18.3 Å². The normalized spacial score (nSPS) is 13.9. The van der Waals surface area contributed by atoms with Gasteiger partial charge in [0.1, 0.15) is 27.6 Å². The number of hydrogen-bond donors (Lipinski definition) is 2. The first-order valence-corrected chi connectivity index (χ1v) is 10.9. The molecule has 8 nitrogen and oxygen atoms in total. The highest BCUT2D eigenvalue weighted by Crippen LogP contribution is 2.37. The zero-order valence-corrected chi connectivity index (χ0v) is 19.5. The molecule has 0 amide bonds. The van der Waals surface area contributed by atoms with Crippen molar-refractivity contribution in [1.82, 2.24) is 29.7 Å². The van der Waals surface area contributed by atoms with Crippen LogP contribution >= 0.6 is 11.6 Å². The number of hydrogen-bond acceptors (Lipinski definition) is 6. The Morgan fingerprint density at radius 2 is 1.83 bits per heavy atom. The summed E-state index contributed by atoms with van der Waals surface area (Å²) in [7, 11) is 0. The minimum Gasteiger partial charge on any atom is -0.453 e. The molecule has 186 valence electrons. The lowest BCUT2D eigenvalue weighted by molar-refractivity contribution is -0.258. The van der Waals surface area contributed by atoms with E-state index in [1.807, 2.05) is 0 Å². The summed E-state index contributed by atoms with van der Waals surface area (Å²) >= 11 is 6.52. The maximum atomic E-state index is 14.9. The van der Waals surface area contributed by atoms with Crippen molar-refractivity contribution in [3.05, 3.63) is 59.5 Å². The third kappa shape index (κ3) is 4.22. The van der Waals surface area contributed by atoms with Crippen LogP contribution in [0.15, 0.2) is 42.9 Å². The van der Waals surface area contributed by atoms with Crippen molar-refractivity contribution in [1.29, 1.82) is 0 Å². The number of ether oxygens (including phenoxy) is 1. The summed E-state index contributed by atoms with van der Waals surface area (Å²) in [6.45, 7) is 1.57. The second-order valence-electron chi connectivity index (χ2n) is 8.40. The molecule has 5 rings (SSSR count). The smallest absolute Gasteiger partial charge is 0.418 e. The largest absolute Gasteiger partial charge is 0.453 e. The van der Waals surface area contributed by atoms with E-state index in [4.69, 9.17) is 16.3 Å². The zero-order chi connectivity index (χ0) is 25.8. The number of alkyl halides is 3. The highest BCUT2D eigenvalue weighted by molar-refractivity contribution is 6.36. The maximum absolute atomic E-state index is 14.9. The van der Waals surface area contributed by atoms with Crippen molar-refractivity contribution in [2.45, 2.75) is 32.2 Å². The van der Waals surface area contributed by atoms with E-state index in [2.05, 4.69) is 25.0 Å². The van der Waals surface area contributed by atoms with Crippen LogP contribution in [0.4, 0.5) is 17.6 Å². The molecular weight excluding hydrogens is 504 g/mol. The van der Waals surface area contributed by atoms with Crippen LogP contribution < -0.4 is 4.74 Å². The van der Waals surface area contributed by atoms with Crippen LogP contribution in [0.3, 0.4) is 0 Å². The second kappa shape index (κ2) is 8.42. The molecule has 2 N–H and O–H groups in total. The summed E-state index contributed by atoms with van der Waals surface area (Å²) < 4.78 is 60.6. The summed E-state index contributed by atoms with van der Waals surface area (Å²) in [6, 6.07) is 6.19. The van der Waals surface area contributed by atoms with Gasteiger partial charge in [-0.05, 0) is 38.1 Å². The van der Waals surface area contributed by atoms with E-state index in [-0.39, 0.29) is 33.2 Å².